The Balaban J connectivity index is 2.42. The van der Waals surface area contributed by atoms with E-state index in [-0.39, 0.29) is 30.5 Å². The smallest absolute Gasteiger partial charge is 0.307 e. The number of nitrogens with zero attached hydrogens (tertiary/aromatic N) is 2. The van der Waals surface area contributed by atoms with Crippen LogP contribution in [0.4, 0.5) is 20.2 Å². The van der Waals surface area contributed by atoms with E-state index < -0.39 is 22.2 Å². The molecule has 1 aromatic carbocycles. The Morgan fingerprint density at radius 3 is 2.63 bits per heavy atom. The van der Waals surface area contributed by atoms with E-state index >= 15 is 0 Å². The monoisotopic (exact) mass is 334 g/mol. The first-order valence-corrected chi connectivity index (χ1v) is 6.56. The first-order chi connectivity index (χ1) is 8.93. The molecular weight excluding hydrogens is 326 g/mol. The number of alkyl halides is 1. The maximum absolute atomic E-state index is 13.7. The fraction of sp³-hybridized carbons (Fsp3) is 0.364. The van der Waals surface area contributed by atoms with Crippen molar-refractivity contribution in [2.24, 2.45) is 5.92 Å². The van der Waals surface area contributed by atoms with E-state index in [9.17, 15) is 23.7 Å². The van der Waals surface area contributed by atoms with Crippen molar-refractivity contribution in [1.82, 2.24) is 0 Å². The molecule has 0 aromatic heterocycles. The highest BCUT2D eigenvalue weighted by atomic mass is 79.9. The van der Waals surface area contributed by atoms with Crippen LogP contribution in [0.15, 0.2) is 12.1 Å². The summed E-state index contributed by atoms with van der Waals surface area (Å²) < 4.78 is 26.9. The number of amides is 1. The fourth-order valence-corrected chi connectivity index (χ4v) is 2.42. The van der Waals surface area contributed by atoms with Gasteiger partial charge in [-0.1, -0.05) is 15.9 Å². The summed E-state index contributed by atoms with van der Waals surface area (Å²) in [5.41, 5.74) is -1.09. The van der Waals surface area contributed by atoms with Crippen molar-refractivity contribution in [3.63, 3.8) is 0 Å². The van der Waals surface area contributed by atoms with E-state index in [1.165, 1.54) is 0 Å². The van der Waals surface area contributed by atoms with Gasteiger partial charge in [0.2, 0.25) is 11.7 Å². The lowest BCUT2D eigenvalue weighted by Gasteiger charge is -2.17. The molecule has 0 aliphatic carbocycles. The highest BCUT2D eigenvalue weighted by Crippen LogP contribution is 2.32. The summed E-state index contributed by atoms with van der Waals surface area (Å²) in [5, 5.41) is 11.2. The zero-order valence-electron chi connectivity index (χ0n) is 9.61. The SMILES string of the molecule is O=C1CC(CBr)CN1c1cc([N+](=O)[O-])c(F)cc1F. The summed E-state index contributed by atoms with van der Waals surface area (Å²) >= 11 is 3.23. The third-order valence-electron chi connectivity index (χ3n) is 2.93. The molecule has 0 saturated carbocycles. The molecule has 1 amide bonds. The van der Waals surface area contributed by atoms with Gasteiger partial charge in [-0.2, -0.15) is 4.39 Å². The fourth-order valence-electron chi connectivity index (χ4n) is 1.99. The van der Waals surface area contributed by atoms with Gasteiger partial charge in [0.1, 0.15) is 5.82 Å². The zero-order valence-corrected chi connectivity index (χ0v) is 11.2. The van der Waals surface area contributed by atoms with Crippen molar-refractivity contribution in [2.45, 2.75) is 6.42 Å². The van der Waals surface area contributed by atoms with Crippen LogP contribution in [-0.4, -0.2) is 22.7 Å². The number of nitro benzene ring substituents is 1. The van der Waals surface area contributed by atoms with Crippen LogP contribution in [-0.2, 0) is 4.79 Å². The van der Waals surface area contributed by atoms with Gasteiger partial charge in [-0.3, -0.25) is 14.9 Å². The van der Waals surface area contributed by atoms with Crippen LogP contribution in [0.1, 0.15) is 6.42 Å². The van der Waals surface area contributed by atoms with Gasteiger partial charge in [-0.25, -0.2) is 4.39 Å². The van der Waals surface area contributed by atoms with E-state index in [1.54, 1.807) is 0 Å². The van der Waals surface area contributed by atoms with E-state index in [2.05, 4.69) is 15.9 Å². The largest absolute Gasteiger partial charge is 0.309 e. The molecule has 0 radical (unpaired) electrons. The normalized spacial score (nSPS) is 19.0. The van der Waals surface area contributed by atoms with Crippen LogP contribution in [0.25, 0.3) is 0 Å². The molecule has 1 atom stereocenters. The van der Waals surface area contributed by atoms with Gasteiger partial charge < -0.3 is 4.90 Å². The van der Waals surface area contributed by atoms with Crippen molar-refractivity contribution < 1.29 is 18.5 Å². The molecule has 5 nitrogen and oxygen atoms in total. The van der Waals surface area contributed by atoms with Gasteiger partial charge in [0.15, 0.2) is 0 Å². The minimum absolute atomic E-state index is 0.0102. The van der Waals surface area contributed by atoms with Gasteiger partial charge in [0.05, 0.1) is 10.6 Å². The molecule has 8 heteroatoms. The molecule has 1 fully saturated rings. The van der Waals surface area contributed by atoms with Crippen molar-refractivity contribution >= 4 is 33.2 Å². The number of hydrogen-bond donors (Lipinski definition) is 0. The van der Waals surface area contributed by atoms with Gasteiger partial charge in [-0.05, 0) is 5.92 Å². The average Bonchev–Trinajstić information content (AvgIpc) is 2.70. The number of rotatable bonds is 3. The number of nitro groups is 1. The van der Waals surface area contributed by atoms with E-state index in [4.69, 9.17) is 0 Å². The second-order valence-corrected chi connectivity index (χ2v) is 4.89. The van der Waals surface area contributed by atoms with E-state index in [1.807, 2.05) is 0 Å². The lowest BCUT2D eigenvalue weighted by Crippen LogP contribution is -2.26. The van der Waals surface area contributed by atoms with Crippen LogP contribution in [0.5, 0.6) is 0 Å². The Morgan fingerprint density at radius 2 is 2.11 bits per heavy atom. The molecule has 1 aromatic rings. The lowest BCUT2D eigenvalue weighted by molar-refractivity contribution is -0.387. The van der Waals surface area contributed by atoms with Gasteiger partial charge >= 0.3 is 5.69 Å². The number of carbonyl (C=O) groups excluding carboxylic acids is 1. The molecule has 0 bridgehead atoms. The van der Waals surface area contributed by atoms with Gasteiger partial charge in [-0.15, -0.1) is 0 Å². The molecule has 19 heavy (non-hydrogen) atoms. The predicted octanol–water partition coefficient (Wildman–Crippen LogP) is 2.62. The van der Waals surface area contributed by atoms with Crippen LogP contribution in [0.2, 0.25) is 0 Å². The van der Waals surface area contributed by atoms with Crippen LogP contribution in [0, 0.1) is 27.7 Å². The summed E-state index contributed by atoms with van der Waals surface area (Å²) in [7, 11) is 0. The van der Waals surface area contributed by atoms with Crippen LogP contribution >= 0.6 is 15.9 Å². The molecule has 1 aliphatic heterocycles. The molecule has 2 rings (SSSR count). The van der Waals surface area contributed by atoms with Crippen LogP contribution in [0.3, 0.4) is 0 Å². The number of carbonyl (C=O) groups is 1. The number of benzene rings is 1. The van der Waals surface area contributed by atoms with Crippen molar-refractivity contribution in [3.8, 4) is 0 Å². The van der Waals surface area contributed by atoms with Crippen LogP contribution < -0.4 is 4.90 Å². The molecule has 1 saturated heterocycles. The average molecular weight is 335 g/mol. The summed E-state index contributed by atoms with van der Waals surface area (Å²) in [5.74, 6) is -2.55. The minimum Gasteiger partial charge on any atom is -0.309 e. The third-order valence-corrected chi connectivity index (χ3v) is 3.84. The zero-order chi connectivity index (χ0) is 14.2. The Hall–Kier alpha value is -1.57. The first-order valence-electron chi connectivity index (χ1n) is 5.43. The molecular formula is C11H9BrF2N2O3. The molecule has 0 N–H and O–H groups in total. The van der Waals surface area contributed by atoms with Crippen molar-refractivity contribution in [3.05, 3.63) is 33.9 Å². The second kappa shape index (κ2) is 5.20. The maximum atomic E-state index is 13.7. The molecule has 1 heterocycles. The Labute approximate surface area is 115 Å². The number of halogens is 3. The third kappa shape index (κ3) is 2.58. The van der Waals surface area contributed by atoms with Gasteiger partial charge in [0, 0.05) is 30.4 Å². The van der Waals surface area contributed by atoms with E-state index in [0.717, 1.165) is 11.0 Å². The van der Waals surface area contributed by atoms with E-state index in [0.29, 0.717) is 11.4 Å². The molecule has 1 unspecified atom stereocenters. The minimum atomic E-state index is -1.25. The molecule has 1 aliphatic rings. The first kappa shape index (κ1) is 13.9. The predicted molar refractivity (Wildman–Crippen MR) is 67.3 cm³/mol. The second-order valence-electron chi connectivity index (χ2n) is 4.24. The number of anilines is 1. The summed E-state index contributed by atoms with van der Waals surface area (Å²) in [4.78, 5) is 22.5. The number of hydrogen-bond acceptors (Lipinski definition) is 3. The molecule has 0 spiro atoms. The maximum Gasteiger partial charge on any atom is 0.307 e. The van der Waals surface area contributed by atoms with Gasteiger partial charge in [0.25, 0.3) is 0 Å². The standard InChI is InChI=1S/C11H9BrF2N2O3/c12-4-6-1-11(17)15(5-6)9-3-10(16(18)19)8(14)2-7(9)13/h2-3,6H,1,4-5H2. The van der Waals surface area contributed by atoms with Crippen molar-refractivity contribution in [2.75, 3.05) is 16.8 Å². The Kier molecular flexibility index (Phi) is 3.79. The lowest BCUT2D eigenvalue weighted by atomic mass is 10.2. The topological polar surface area (TPSA) is 63.5 Å². The Bertz CT molecular complexity index is 553. The quantitative estimate of drug-likeness (QED) is 0.485. The molecule has 102 valence electrons. The summed E-state index contributed by atoms with van der Waals surface area (Å²) in [6, 6.07) is 1.20. The summed E-state index contributed by atoms with van der Waals surface area (Å²) in [6.45, 7) is 0.254. The summed E-state index contributed by atoms with van der Waals surface area (Å²) in [6.07, 6.45) is 0.232. The highest BCUT2D eigenvalue weighted by Gasteiger charge is 2.33. The Morgan fingerprint density at radius 1 is 1.42 bits per heavy atom. The highest BCUT2D eigenvalue weighted by molar-refractivity contribution is 9.09. The van der Waals surface area contributed by atoms with Crippen molar-refractivity contribution in [1.29, 1.82) is 0 Å².